The Balaban J connectivity index is 2.16. The molecule has 12 heteroatoms. The van der Waals surface area contributed by atoms with Gasteiger partial charge >= 0.3 is 0 Å². The molecular formula is C18H16Cl5N3O3S. The molecule has 6 nitrogen and oxygen atoms in total. The first kappa shape index (κ1) is 24.9. The Morgan fingerprint density at radius 3 is 2.13 bits per heavy atom. The van der Waals surface area contributed by atoms with Crippen LogP contribution in [0, 0.1) is 0 Å². The molecule has 0 saturated carbocycles. The van der Waals surface area contributed by atoms with Gasteiger partial charge in [-0.05, 0) is 42.5 Å². The summed E-state index contributed by atoms with van der Waals surface area (Å²) in [5.74, 6) is 0.291. The lowest BCUT2D eigenvalue weighted by molar-refractivity contribution is 0.0934. The molecular weight excluding hydrogens is 516 g/mol. The third-order valence-corrected chi connectivity index (χ3v) is 5.23. The first-order valence-corrected chi connectivity index (χ1v) is 10.5. The number of carbonyl (C=O) groups is 1. The van der Waals surface area contributed by atoms with Gasteiger partial charge in [0.25, 0.3) is 5.91 Å². The van der Waals surface area contributed by atoms with Crippen molar-refractivity contribution in [2.75, 3.05) is 19.5 Å². The molecule has 0 fully saturated rings. The van der Waals surface area contributed by atoms with Crippen molar-refractivity contribution in [1.82, 2.24) is 10.6 Å². The van der Waals surface area contributed by atoms with Crippen LogP contribution in [0.15, 0.2) is 36.4 Å². The molecule has 0 radical (unpaired) electrons. The smallest absolute Gasteiger partial charge is 0.253 e. The molecule has 1 unspecified atom stereocenters. The van der Waals surface area contributed by atoms with Gasteiger partial charge in [0.15, 0.2) is 16.6 Å². The van der Waals surface area contributed by atoms with Crippen LogP contribution in [0.25, 0.3) is 0 Å². The molecule has 0 heterocycles. The predicted molar refractivity (Wildman–Crippen MR) is 127 cm³/mol. The van der Waals surface area contributed by atoms with Crippen LogP contribution in [0.5, 0.6) is 11.5 Å². The molecule has 0 aliphatic carbocycles. The van der Waals surface area contributed by atoms with E-state index in [1.54, 1.807) is 24.3 Å². The number of para-hydroxylation sites is 1. The van der Waals surface area contributed by atoms with E-state index < -0.39 is 15.9 Å². The van der Waals surface area contributed by atoms with Crippen LogP contribution in [0.4, 0.5) is 5.69 Å². The van der Waals surface area contributed by atoms with Crippen molar-refractivity contribution in [3.8, 4) is 11.5 Å². The van der Waals surface area contributed by atoms with Crippen molar-refractivity contribution in [2.45, 2.75) is 9.96 Å². The average Bonchev–Trinajstić information content (AvgIpc) is 2.69. The number of rotatable bonds is 6. The molecule has 0 aliphatic rings. The highest BCUT2D eigenvalue weighted by molar-refractivity contribution is 7.80. The Kier molecular flexibility index (Phi) is 8.97. The fourth-order valence-corrected chi connectivity index (χ4v) is 3.33. The lowest BCUT2D eigenvalue weighted by atomic mass is 10.2. The van der Waals surface area contributed by atoms with Gasteiger partial charge in [-0.25, -0.2) is 0 Å². The number of nitrogens with one attached hydrogen (secondary N) is 3. The summed E-state index contributed by atoms with van der Waals surface area (Å²) in [7, 11) is 2.94. The molecule has 0 saturated heterocycles. The molecule has 0 spiro atoms. The van der Waals surface area contributed by atoms with Crippen LogP contribution in [-0.4, -0.2) is 35.2 Å². The number of amides is 1. The second kappa shape index (κ2) is 10.8. The van der Waals surface area contributed by atoms with Gasteiger partial charge in [0.2, 0.25) is 3.79 Å². The van der Waals surface area contributed by atoms with Crippen LogP contribution >= 0.6 is 70.2 Å². The van der Waals surface area contributed by atoms with Gasteiger partial charge < -0.3 is 25.4 Å². The first-order chi connectivity index (χ1) is 14.1. The maximum atomic E-state index is 12.7. The highest BCUT2D eigenvalue weighted by atomic mass is 35.6. The van der Waals surface area contributed by atoms with Crippen LogP contribution in [0.2, 0.25) is 10.0 Å². The minimum atomic E-state index is -1.94. The Labute approximate surface area is 204 Å². The van der Waals surface area contributed by atoms with Crippen molar-refractivity contribution >= 4 is 86.9 Å². The third-order valence-electron chi connectivity index (χ3n) is 3.73. The third kappa shape index (κ3) is 6.57. The molecule has 2 aromatic carbocycles. The highest BCUT2D eigenvalue weighted by Gasteiger charge is 2.35. The van der Waals surface area contributed by atoms with Gasteiger partial charge in [0, 0.05) is 5.56 Å². The summed E-state index contributed by atoms with van der Waals surface area (Å²) in [4.78, 5) is 12.7. The summed E-state index contributed by atoms with van der Waals surface area (Å²) in [5, 5.41) is 8.82. The van der Waals surface area contributed by atoms with Crippen LogP contribution in [0.3, 0.4) is 0 Å². The Morgan fingerprint density at radius 1 is 1.00 bits per heavy atom. The lowest BCUT2D eigenvalue weighted by Crippen LogP contribution is -2.56. The fraction of sp³-hybridized carbons (Fsp3) is 0.222. The number of halogens is 5. The van der Waals surface area contributed by atoms with Crippen LogP contribution in [-0.2, 0) is 0 Å². The number of hydrogen-bond acceptors (Lipinski definition) is 4. The van der Waals surface area contributed by atoms with Gasteiger partial charge in [0.05, 0.1) is 30.0 Å². The van der Waals surface area contributed by atoms with E-state index in [2.05, 4.69) is 16.0 Å². The number of hydrogen-bond donors (Lipinski definition) is 3. The molecule has 30 heavy (non-hydrogen) atoms. The highest BCUT2D eigenvalue weighted by Crippen LogP contribution is 2.32. The normalized spacial score (nSPS) is 12.0. The van der Waals surface area contributed by atoms with Crippen molar-refractivity contribution in [2.24, 2.45) is 0 Å². The van der Waals surface area contributed by atoms with Gasteiger partial charge in [-0.15, -0.1) is 0 Å². The summed E-state index contributed by atoms with van der Waals surface area (Å²) in [6.45, 7) is 0. The quantitative estimate of drug-likeness (QED) is 0.263. The van der Waals surface area contributed by atoms with Gasteiger partial charge in [0.1, 0.15) is 6.17 Å². The summed E-state index contributed by atoms with van der Waals surface area (Å²) >= 11 is 35.5. The number of methoxy groups -OCH3 is 2. The van der Waals surface area contributed by atoms with E-state index in [0.29, 0.717) is 27.2 Å². The first-order valence-electron chi connectivity index (χ1n) is 8.18. The molecule has 0 aliphatic heterocycles. The Bertz CT molecular complexity index is 920. The maximum absolute atomic E-state index is 12.7. The standard InChI is InChI=1S/C18H16Cl5N3O3S/c1-28-12-7-6-9(8-13(12)29-2)15(27)25-16(18(21,22)23)26-17(30)24-14-10(19)4-3-5-11(14)20/h3-8,16H,1-2H3,(H,25,27)(H2,24,26,30). The Morgan fingerprint density at radius 2 is 1.60 bits per heavy atom. The average molecular weight is 532 g/mol. The van der Waals surface area contributed by atoms with Crippen molar-refractivity contribution in [1.29, 1.82) is 0 Å². The number of alkyl halides is 3. The van der Waals surface area contributed by atoms with Crippen molar-refractivity contribution in [3.63, 3.8) is 0 Å². The molecule has 3 N–H and O–H groups in total. The summed E-state index contributed by atoms with van der Waals surface area (Å²) in [6.07, 6.45) is -1.19. The topological polar surface area (TPSA) is 71.6 Å². The number of thiocarbonyl (C=S) groups is 1. The SMILES string of the molecule is COc1ccc(C(=O)NC(NC(=S)Nc2c(Cl)cccc2Cl)C(Cl)(Cl)Cl)cc1OC. The van der Waals surface area contributed by atoms with E-state index in [1.807, 2.05) is 0 Å². The number of anilines is 1. The van der Waals surface area contributed by atoms with E-state index in [4.69, 9.17) is 79.7 Å². The van der Waals surface area contributed by atoms with Crippen molar-refractivity contribution < 1.29 is 14.3 Å². The molecule has 2 aromatic rings. The Hall–Kier alpha value is -1.35. The summed E-state index contributed by atoms with van der Waals surface area (Å²) in [5.41, 5.74) is 0.620. The number of ether oxygens (including phenoxy) is 2. The number of benzene rings is 2. The molecule has 2 rings (SSSR count). The largest absolute Gasteiger partial charge is 0.493 e. The zero-order valence-electron chi connectivity index (χ0n) is 15.6. The molecule has 0 aromatic heterocycles. The molecule has 162 valence electrons. The van der Waals surface area contributed by atoms with E-state index in [9.17, 15) is 4.79 Å². The van der Waals surface area contributed by atoms with Crippen LogP contribution in [0.1, 0.15) is 10.4 Å². The zero-order chi connectivity index (χ0) is 22.5. The minimum Gasteiger partial charge on any atom is -0.493 e. The van der Waals surface area contributed by atoms with E-state index in [1.165, 1.54) is 26.4 Å². The van der Waals surface area contributed by atoms with Gasteiger partial charge in [-0.2, -0.15) is 0 Å². The zero-order valence-corrected chi connectivity index (χ0v) is 20.2. The summed E-state index contributed by atoms with van der Waals surface area (Å²) < 4.78 is 8.41. The van der Waals surface area contributed by atoms with E-state index in [-0.39, 0.29) is 10.7 Å². The number of carbonyl (C=O) groups excluding carboxylic acids is 1. The van der Waals surface area contributed by atoms with Crippen molar-refractivity contribution in [3.05, 3.63) is 52.0 Å². The minimum absolute atomic E-state index is 0.0222. The van der Waals surface area contributed by atoms with Gasteiger partial charge in [-0.3, -0.25) is 4.79 Å². The van der Waals surface area contributed by atoms with E-state index >= 15 is 0 Å². The summed E-state index contributed by atoms with van der Waals surface area (Å²) in [6, 6.07) is 9.54. The lowest BCUT2D eigenvalue weighted by Gasteiger charge is -2.28. The molecule has 1 atom stereocenters. The second-order valence-electron chi connectivity index (χ2n) is 5.71. The molecule has 1 amide bonds. The van der Waals surface area contributed by atoms with E-state index in [0.717, 1.165) is 0 Å². The fourth-order valence-electron chi connectivity index (χ4n) is 2.29. The second-order valence-corrected chi connectivity index (χ2v) is 9.30. The van der Waals surface area contributed by atoms with Crippen LogP contribution < -0.4 is 25.4 Å². The monoisotopic (exact) mass is 529 g/mol. The molecule has 0 bridgehead atoms. The maximum Gasteiger partial charge on any atom is 0.253 e. The predicted octanol–water partition coefficient (Wildman–Crippen LogP) is 5.42. The van der Waals surface area contributed by atoms with Gasteiger partial charge in [-0.1, -0.05) is 64.1 Å².